The van der Waals surface area contributed by atoms with Crippen molar-refractivity contribution in [1.82, 2.24) is 15.3 Å². The van der Waals surface area contributed by atoms with E-state index in [4.69, 9.17) is 5.84 Å². The summed E-state index contributed by atoms with van der Waals surface area (Å²) in [5.41, 5.74) is 2.44. The molecule has 0 fully saturated rings. The first-order valence-corrected chi connectivity index (χ1v) is 6.65. The number of rotatable bonds is 5. The average Bonchev–Trinajstić information content (AvgIpc) is 2.78. The summed E-state index contributed by atoms with van der Waals surface area (Å²) in [6.45, 7) is 2.51. The number of carbonyl (C=O) groups excluding carboxylic acids is 1. The fourth-order valence-electron chi connectivity index (χ4n) is 1.66. The first-order valence-electron chi connectivity index (χ1n) is 5.83. The van der Waals surface area contributed by atoms with Crippen molar-refractivity contribution in [3.8, 4) is 0 Å². The van der Waals surface area contributed by atoms with Gasteiger partial charge in [-0.1, -0.05) is 0 Å². The van der Waals surface area contributed by atoms with E-state index in [-0.39, 0.29) is 5.91 Å². The Kier molecular flexibility index (Phi) is 4.13. The molecule has 0 aliphatic rings. The molecule has 1 amide bonds. The van der Waals surface area contributed by atoms with Gasteiger partial charge in [0.1, 0.15) is 10.6 Å². The maximum Gasteiger partial charge on any atom is 0.240 e. The number of hydrazine groups is 1. The van der Waals surface area contributed by atoms with Gasteiger partial charge >= 0.3 is 0 Å². The zero-order valence-electron chi connectivity index (χ0n) is 10.8. The van der Waals surface area contributed by atoms with E-state index in [0.717, 1.165) is 15.1 Å². The molecule has 8 heteroatoms. The molecule has 0 atom stereocenters. The van der Waals surface area contributed by atoms with Gasteiger partial charge in [-0.2, -0.15) is 4.98 Å². The van der Waals surface area contributed by atoms with Crippen molar-refractivity contribution in [3.05, 3.63) is 10.9 Å². The van der Waals surface area contributed by atoms with Crippen molar-refractivity contribution in [3.63, 3.8) is 0 Å². The van der Waals surface area contributed by atoms with Gasteiger partial charge in [-0.15, -0.1) is 11.3 Å². The molecule has 2 aromatic heterocycles. The lowest BCUT2D eigenvalue weighted by Crippen LogP contribution is -2.21. The number of nitrogens with one attached hydrogen (secondary N) is 3. The second-order valence-corrected chi connectivity index (χ2v) is 5.20. The minimum atomic E-state index is -0.0172. The summed E-state index contributed by atoms with van der Waals surface area (Å²) in [6.07, 6.45) is 0.385. The van der Waals surface area contributed by atoms with E-state index in [2.05, 4.69) is 26.0 Å². The molecule has 0 aromatic carbocycles. The van der Waals surface area contributed by atoms with Crippen LogP contribution in [-0.2, 0) is 4.79 Å². The lowest BCUT2D eigenvalue weighted by molar-refractivity contribution is -0.120. The number of hydrogen-bond acceptors (Lipinski definition) is 7. The van der Waals surface area contributed by atoms with Crippen molar-refractivity contribution >= 4 is 39.2 Å². The first-order chi connectivity index (χ1) is 9.13. The van der Waals surface area contributed by atoms with Gasteiger partial charge < -0.3 is 10.6 Å². The van der Waals surface area contributed by atoms with Crippen molar-refractivity contribution in [2.24, 2.45) is 5.84 Å². The first kappa shape index (κ1) is 13.5. The lowest BCUT2D eigenvalue weighted by Gasteiger charge is -2.07. The second kappa shape index (κ2) is 5.81. The van der Waals surface area contributed by atoms with Crippen molar-refractivity contribution in [2.45, 2.75) is 13.3 Å². The molecule has 0 saturated heterocycles. The van der Waals surface area contributed by atoms with Crippen LogP contribution in [0.5, 0.6) is 0 Å². The molecule has 19 heavy (non-hydrogen) atoms. The fraction of sp³-hybridized carbons (Fsp3) is 0.364. The summed E-state index contributed by atoms with van der Waals surface area (Å²) in [5, 5.41) is 6.66. The molecule has 5 N–H and O–H groups in total. The summed E-state index contributed by atoms with van der Waals surface area (Å²) in [4.78, 5) is 21.7. The molecular formula is C11H16N6OS. The smallest absolute Gasteiger partial charge is 0.240 e. The summed E-state index contributed by atoms with van der Waals surface area (Å²) in [5.74, 6) is 6.38. The summed E-state index contributed by atoms with van der Waals surface area (Å²) in [7, 11) is 1.61. The van der Waals surface area contributed by atoms with E-state index in [9.17, 15) is 4.79 Å². The number of aromatic nitrogens is 2. The summed E-state index contributed by atoms with van der Waals surface area (Å²) >= 11 is 1.57. The predicted molar refractivity (Wildman–Crippen MR) is 77.1 cm³/mol. The van der Waals surface area contributed by atoms with Gasteiger partial charge in [-0.25, -0.2) is 10.8 Å². The van der Waals surface area contributed by atoms with Crippen LogP contribution in [0.25, 0.3) is 10.2 Å². The molecule has 0 aliphatic heterocycles. The third kappa shape index (κ3) is 3.09. The number of nitrogen functional groups attached to an aromatic ring is 1. The highest BCUT2D eigenvalue weighted by atomic mass is 32.1. The largest absolute Gasteiger partial charge is 0.369 e. The highest BCUT2D eigenvalue weighted by Gasteiger charge is 2.10. The average molecular weight is 280 g/mol. The second-order valence-electron chi connectivity index (χ2n) is 3.97. The minimum Gasteiger partial charge on any atom is -0.369 e. The van der Waals surface area contributed by atoms with E-state index < -0.39 is 0 Å². The van der Waals surface area contributed by atoms with Crippen LogP contribution in [0.15, 0.2) is 6.07 Å². The lowest BCUT2D eigenvalue weighted by atomic mass is 10.3. The van der Waals surface area contributed by atoms with Gasteiger partial charge in [0.25, 0.3) is 0 Å². The third-order valence-corrected chi connectivity index (χ3v) is 3.51. The number of fused-ring (bicyclic) bond motifs is 1. The molecule has 0 radical (unpaired) electrons. The van der Waals surface area contributed by atoms with Crippen LogP contribution in [0.2, 0.25) is 0 Å². The monoisotopic (exact) mass is 280 g/mol. The molecule has 2 aromatic rings. The predicted octanol–water partition coefficient (Wildman–Crippen LogP) is 0.833. The highest BCUT2D eigenvalue weighted by molar-refractivity contribution is 7.18. The Bertz CT molecular complexity index is 596. The standard InChI is InChI=1S/C11H16N6OS/c1-6-5-7-9(14-4-3-8(18)13-2)15-11(17-12)16-10(7)19-6/h5H,3-4,12H2,1-2H3,(H,13,18)(H2,14,15,16,17). The van der Waals surface area contributed by atoms with Gasteiger partial charge in [-0.05, 0) is 13.0 Å². The Morgan fingerprint density at radius 2 is 2.26 bits per heavy atom. The molecule has 2 rings (SSSR count). The fourth-order valence-corrected chi connectivity index (χ4v) is 2.54. The van der Waals surface area contributed by atoms with E-state index in [1.54, 1.807) is 18.4 Å². The van der Waals surface area contributed by atoms with Crippen LogP contribution >= 0.6 is 11.3 Å². The molecule has 0 saturated carbocycles. The summed E-state index contributed by atoms with van der Waals surface area (Å²) in [6, 6.07) is 2.02. The maximum atomic E-state index is 11.2. The minimum absolute atomic E-state index is 0.0172. The Balaban J connectivity index is 2.22. The van der Waals surface area contributed by atoms with Gasteiger partial charge in [0.2, 0.25) is 11.9 Å². The van der Waals surface area contributed by atoms with Gasteiger partial charge in [0, 0.05) is 24.9 Å². The number of amides is 1. The van der Waals surface area contributed by atoms with Crippen molar-refractivity contribution < 1.29 is 4.79 Å². The van der Waals surface area contributed by atoms with E-state index in [1.807, 2.05) is 13.0 Å². The molecule has 2 heterocycles. The Morgan fingerprint density at radius 1 is 1.47 bits per heavy atom. The van der Waals surface area contributed by atoms with Crippen molar-refractivity contribution in [1.29, 1.82) is 0 Å². The van der Waals surface area contributed by atoms with Gasteiger partial charge in [0.05, 0.1) is 5.39 Å². The van der Waals surface area contributed by atoms with E-state index in [0.29, 0.717) is 24.7 Å². The number of nitrogens with two attached hydrogens (primary N) is 1. The normalized spacial score (nSPS) is 10.5. The zero-order chi connectivity index (χ0) is 13.8. The SMILES string of the molecule is CNC(=O)CCNc1nc(NN)nc2sc(C)cc12. The topological polar surface area (TPSA) is 105 Å². The number of nitrogens with zero attached hydrogens (tertiary/aromatic N) is 2. The Morgan fingerprint density at radius 3 is 2.95 bits per heavy atom. The number of aryl methyl sites for hydroxylation is 1. The third-order valence-electron chi connectivity index (χ3n) is 2.57. The molecule has 0 spiro atoms. The number of carbonyl (C=O) groups is 1. The summed E-state index contributed by atoms with van der Waals surface area (Å²) < 4.78 is 0. The van der Waals surface area contributed by atoms with Crippen LogP contribution in [-0.4, -0.2) is 29.5 Å². The molecule has 102 valence electrons. The van der Waals surface area contributed by atoms with Crippen LogP contribution in [0.1, 0.15) is 11.3 Å². The number of thiophene rings is 1. The Labute approximate surface area is 114 Å². The molecule has 7 nitrogen and oxygen atoms in total. The quantitative estimate of drug-likeness (QED) is 0.478. The van der Waals surface area contributed by atoms with Crippen LogP contribution < -0.4 is 21.9 Å². The number of anilines is 2. The zero-order valence-corrected chi connectivity index (χ0v) is 11.6. The van der Waals surface area contributed by atoms with Gasteiger partial charge in [0.15, 0.2) is 0 Å². The van der Waals surface area contributed by atoms with Crippen LogP contribution in [0.3, 0.4) is 0 Å². The Hall–Kier alpha value is -1.93. The molecule has 0 bridgehead atoms. The van der Waals surface area contributed by atoms with E-state index in [1.165, 1.54) is 0 Å². The van der Waals surface area contributed by atoms with Crippen LogP contribution in [0, 0.1) is 6.92 Å². The maximum absolute atomic E-state index is 11.2. The number of hydrogen-bond donors (Lipinski definition) is 4. The van der Waals surface area contributed by atoms with Gasteiger partial charge in [-0.3, -0.25) is 10.2 Å². The van der Waals surface area contributed by atoms with E-state index >= 15 is 0 Å². The molecule has 0 aliphatic carbocycles. The molecule has 0 unspecified atom stereocenters. The highest BCUT2D eigenvalue weighted by Crippen LogP contribution is 2.29. The van der Waals surface area contributed by atoms with Crippen LogP contribution in [0.4, 0.5) is 11.8 Å². The van der Waals surface area contributed by atoms with Crippen molar-refractivity contribution in [2.75, 3.05) is 24.3 Å². The molecular weight excluding hydrogens is 264 g/mol.